The van der Waals surface area contributed by atoms with E-state index in [-0.39, 0.29) is 11.9 Å². The molecule has 1 amide bonds. The fourth-order valence-electron chi connectivity index (χ4n) is 2.78. The summed E-state index contributed by atoms with van der Waals surface area (Å²) < 4.78 is 5.08. The molecule has 1 aromatic rings. The number of rotatable bonds is 5. The van der Waals surface area contributed by atoms with Crippen molar-refractivity contribution in [1.82, 2.24) is 4.90 Å². The molecule has 1 fully saturated rings. The molecule has 5 heteroatoms. The van der Waals surface area contributed by atoms with E-state index >= 15 is 0 Å². The van der Waals surface area contributed by atoms with E-state index < -0.39 is 6.04 Å². The number of hydrogen-bond acceptors (Lipinski definition) is 4. The Labute approximate surface area is 130 Å². The fraction of sp³-hybridized carbons (Fsp3) is 0.625. The van der Waals surface area contributed by atoms with Crippen LogP contribution in [0.15, 0.2) is 6.07 Å². The third-order valence-electron chi connectivity index (χ3n) is 3.82. The Kier molecular flexibility index (Phi) is 5.39. The Morgan fingerprint density at radius 2 is 2.19 bits per heavy atom. The van der Waals surface area contributed by atoms with Crippen molar-refractivity contribution in [3.8, 4) is 0 Å². The predicted molar refractivity (Wildman–Crippen MR) is 83.7 cm³/mol. The molecule has 0 aliphatic carbocycles. The van der Waals surface area contributed by atoms with E-state index in [4.69, 9.17) is 4.74 Å². The maximum atomic E-state index is 12.7. The van der Waals surface area contributed by atoms with Gasteiger partial charge in [0.15, 0.2) is 0 Å². The third kappa shape index (κ3) is 3.46. The highest BCUT2D eigenvalue weighted by atomic mass is 32.1. The highest BCUT2D eigenvalue weighted by Gasteiger charge is 2.36. The summed E-state index contributed by atoms with van der Waals surface area (Å²) in [4.78, 5) is 28.2. The maximum absolute atomic E-state index is 12.7. The van der Waals surface area contributed by atoms with E-state index in [1.807, 2.05) is 6.07 Å². The van der Waals surface area contributed by atoms with Crippen molar-refractivity contribution in [2.24, 2.45) is 0 Å². The highest BCUT2D eigenvalue weighted by molar-refractivity contribution is 7.14. The lowest BCUT2D eigenvalue weighted by molar-refractivity contribution is -0.147. The van der Waals surface area contributed by atoms with Gasteiger partial charge in [-0.1, -0.05) is 13.3 Å². The van der Waals surface area contributed by atoms with Crippen LogP contribution in [0.4, 0.5) is 0 Å². The summed E-state index contributed by atoms with van der Waals surface area (Å²) in [7, 11) is 0. The lowest BCUT2D eigenvalue weighted by atomic mass is 10.1. The van der Waals surface area contributed by atoms with Crippen molar-refractivity contribution in [3.63, 3.8) is 0 Å². The molecule has 1 unspecified atom stereocenters. The number of aryl methyl sites for hydroxylation is 2. The Bertz CT molecular complexity index is 524. The predicted octanol–water partition coefficient (Wildman–Crippen LogP) is 3.18. The molecule has 0 radical (unpaired) electrons. The number of ether oxygens (including phenoxy) is 1. The monoisotopic (exact) mass is 309 g/mol. The molecule has 0 aromatic carbocycles. The van der Waals surface area contributed by atoms with E-state index in [0.717, 1.165) is 24.1 Å². The molecule has 0 N–H and O–H groups in total. The van der Waals surface area contributed by atoms with Gasteiger partial charge in [0.25, 0.3) is 5.91 Å². The molecule has 1 atom stereocenters. The van der Waals surface area contributed by atoms with Crippen LogP contribution in [-0.2, 0) is 16.0 Å². The largest absolute Gasteiger partial charge is 0.464 e. The summed E-state index contributed by atoms with van der Waals surface area (Å²) in [6.07, 6.45) is 3.63. The molecule has 0 bridgehead atoms. The van der Waals surface area contributed by atoms with E-state index in [1.165, 1.54) is 21.8 Å². The second-order valence-electron chi connectivity index (χ2n) is 5.35. The highest BCUT2D eigenvalue weighted by Crippen LogP contribution is 2.27. The lowest BCUT2D eigenvalue weighted by Crippen LogP contribution is -2.41. The Hall–Kier alpha value is -1.36. The quantitative estimate of drug-likeness (QED) is 0.785. The van der Waals surface area contributed by atoms with Crippen molar-refractivity contribution in [2.75, 3.05) is 13.2 Å². The molecular weight excluding hydrogens is 286 g/mol. The minimum atomic E-state index is -0.408. The minimum absolute atomic E-state index is 0.0268. The fourth-order valence-corrected chi connectivity index (χ4v) is 3.81. The Morgan fingerprint density at radius 1 is 1.43 bits per heavy atom. The van der Waals surface area contributed by atoms with Crippen LogP contribution >= 0.6 is 11.3 Å². The molecule has 2 rings (SSSR count). The SMILES string of the molecule is CCCc1cc(C(=O)N2CCCC2C(=O)OCC)sc1C. The number of esters is 1. The van der Waals surface area contributed by atoms with Gasteiger partial charge in [-0.2, -0.15) is 0 Å². The smallest absolute Gasteiger partial charge is 0.328 e. The van der Waals surface area contributed by atoms with Crippen LogP contribution < -0.4 is 0 Å². The van der Waals surface area contributed by atoms with Gasteiger partial charge in [-0.15, -0.1) is 11.3 Å². The lowest BCUT2D eigenvalue weighted by Gasteiger charge is -2.22. The first kappa shape index (κ1) is 16.0. The molecule has 4 nitrogen and oxygen atoms in total. The van der Waals surface area contributed by atoms with Crippen LogP contribution in [0.1, 0.15) is 53.2 Å². The summed E-state index contributed by atoms with van der Waals surface area (Å²) in [5.74, 6) is -0.300. The second-order valence-corrected chi connectivity index (χ2v) is 6.61. The number of nitrogens with zero attached hydrogens (tertiary/aromatic N) is 1. The summed E-state index contributed by atoms with van der Waals surface area (Å²) in [5.41, 5.74) is 1.25. The first-order valence-corrected chi connectivity index (χ1v) is 8.47. The van der Waals surface area contributed by atoms with Crippen LogP contribution in [0.5, 0.6) is 0 Å². The molecule has 0 saturated carbocycles. The molecule has 0 spiro atoms. The molecule has 1 aliphatic heterocycles. The van der Waals surface area contributed by atoms with Crippen LogP contribution in [0.2, 0.25) is 0 Å². The third-order valence-corrected chi connectivity index (χ3v) is 4.90. The van der Waals surface area contributed by atoms with Crippen LogP contribution in [-0.4, -0.2) is 36.0 Å². The first-order chi connectivity index (χ1) is 10.1. The first-order valence-electron chi connectivity index (χ1n) is 7.65. The van der Waals surface area contributed by atoms with Gasteiger partial charge in [-0.25, -0.2) is 4.79 Å². The van der Waals surface area contributed by atoms with Gasteiger partial charge in [0.2, 0.25) is 0 Å². The molecule has 21 heavy (non-hydrogen) atoms. The van der Waals surface area contributed by atoms with Crippen LogP contribution in [0.3, 0.4) is 0 Å². The van der Waals surface area contributed by atoms with Gasteiger partial charge in [-0.05, 0) is 44.7 Å². The number of carbonyl (C=O) groups is 2. The van der Waals surface area contributed by atoms with Crippen molar-refractivity contribution >= 4 is 23.2 Å². The molecule has 1 saturated heterocycles. The molecule has 1 aromatic heterocycles. The number of likely N-dealkylation sites (tertiary alicyclic amines) is 1. The topological polar surface area (TPSA) is 46.6 Å². The number of amides is 1. The van der Waals surface area contributed by atoms with Crippen molar-refractivity contribution in [3.05, 3.63) is 21.4 Å². The van der Waals surface area contributed by atoms with E-state index in [2.05, 4.69) is 13.8 Å². The normalized spacial score (nSPS) is 18.0. The summed E-state index contributed by atoms with van der Waals surface area (Å²) in [5, 5.41) is 0. The molecule has 116 valence electrons. The molecule has 1 aliphatic rings. The zero-order valence-corrected chi connectivity index (χ0v) is 13.8. The Balaban J connectivity index is 2.14. The maximum Gasteiger partial charge on any atom is 0.328 e. The van der Waals surface area contributed by atoms with Crippen LogP contribution in [0, 0.1) is 6.92 Å². The van der Waals surface area contributed by atoms with Crippen molar-refractivity contribution in [2.45, 2.75) is 52.5 Å². The Morgan fingerprint density at radius 3 is 2.86 bits per heavy atom. The van der Waals surface area contributed by atoms with E-state index in [1.54, 1.807) is 11.8 Å². The van der Waals surface area contributed by atoms with Crippen LogP contribution in [0.25, 0.3) is 0 Å². The number of carbonyl (C=O) groups excluding carboxylic acids is 2. The molecule has 2 heterocycles. The van der Waals surface area contributed by atoms with Gasteiger partial charge in [0.05, 0.1) is 11.5 Å². The van der Waals surface area contributed by atoms with Crippen molar-refractivity contribution in [1.29, 1.82) is 0 Å². The molecular formula is C16H23NO3S. The van der Waals surface area contributed by atoms with E-state index in [9.17, 15) is 9.59 Å². The van der Waals surface area contributed by atoms with Gasteiger partial charge >= 0.3 is 5.97 Å². The average Bonchev–Trinajstić information content (AvgIpc) is 3.06. The number of hydrogen-bond donors (Lipinski definition) is 0. The van der Waals surface area contributed by atoms with Gasteiger partial charge in [0.1, 0.15) is 6.04 Å². The van der Waals surface area contributed by atoms with Gasteiger partial charge in [-0.3, -0.25) is 4.79 Å². The second kappa shape index (κ2) is 7.07. The van der Waals surface area contributed by atoms with Crippen molar-refractivity contribution < 1.29 is 14.3 Å². The average molecular weight is 309 g/mol. The summed E-state index contributed by atoms with van der Waals surface area (Å²) >= 11 is 1.53. The van der Waals surface area contributed by atoms with Gasteiger partial charge in [0, 0.05) is 11.4 Å². The van der Waals surface area contributed by atoms with Gasteiger partial charge < -0.3 is 9.64 Å². The number of thiophene rings is 1. The zero-order valence-electron chi connectivity index (χ0n) is 13.0. The van der Waals surface area contributed by atoms with E-state index in [0.29, 0.717) is 19.6 Å². The summed E-state index contributed by atoms with van der Waals surface area (Å²) in [6, 6.07) is 1.58. The zero-order chi connectivity index (χ0) is 15.4. The summed E-state index contributed by atoms with van der Waals surface area (Å²) in [6.45, 7) is 6.98. The minimum Gasteiger partial charge on any atom is -0.464 e. The standard InChI is InChI=1S/C16H23NO3S/c1-4-7-12-10-14(21-11(12)3)15(18)17-9-6-8-13(17)16(19)20-5-2/h10,13H,4-9H2,1-3H3.